The van der Waals surface area contributed by atoms with Gasteiger partial charge in [0, 0.05) is 29.6 Å². The third-order valence-electron chi connectivity index (χ3n) is 4.18. The van der Waals surface area contributed by atoms with Crippen LogP contribution in [0.5, 0.6) is 0 Å². The number of hydrogen-bond acceptors (Lipinski definition) is 1. The number of rotatable bonds is 5. The van der Waals surface area contributed by atoms with Crippen LogP contribution in [0.2, 0.25) is 0 Å². The second-order valence-corrected chi connectivity index (χ2v) is 6.35. The van der Waals surface area contributed by atoms with Gasteiger partial charge in [0.2, 0.25) is 0 Å². The van der Waals surface area contributed by atoms with E-state index in [4.69, 9.17) is 0 Å². The minimum Gasteiger partial charge on any atom is -0.358 e. The molecule has 0 fully saturated rings. The fourth-order valence-corrected chi connectivity index (χ4v) is 2.97. The van der Waals surface area contributed by atoms with Gasteiger partial charge in [-0.1, -0.05) is 42.0 Å². The molecular formula is C20H24N2. The molecular weight excluding hydrogens is 268 g/mol. The number of hydrogen-bond donors (Lipinski definition) is 1. The summed E-state index contributed by atoms with van der Waals surface area (Å²) in [5.74, 6) is 0. The van der Waals surface area contributed by atoms with E-state index < -0.39 is 0 Å². The van der Waals surface area contributed by atoms with Crippen molar-refractivity contribution in [3.05, 3.63) is 70.9 Å². The van der Waals surface area contributed by atoms with Crippen molar-refractivity contribution < 1.29 is 0 Å². The second-order valence-electron chi connectivity index (χ2n) is 6.35. The van der Waals surface area contributed by atoms with Gasteiger partial charge in [-0.05, 0) is 50.7 Å². The van der Waals surface area contributed by atoms with Crippen LogP contribution in [0.15, 0.2) is 48.5 Å². The Balaban J connectivity index is 2.03. The standard InChI is InChI=1S/C20H24N2/c1-15-9-10-19-17(13-15)18(14-16-7-5-4-6-8-16)20(21-19)11-12-22(2)3/h4-10,13,21H,11-12,14H2,1-3H3. The number of fused-ring (bicyclic) bond motifs is 1. The summed E-state index contributed by atoms with van der Waals surface area (Å²) in [5, 5.41) is 1.37. The number of likely N-dealkylation sites (N-methyl/N-ethyl adjacent to an activating group) is 1. The molecule has 0 aliphatic rings. The molecule has 0 radical (unpaired) electrons. The lowest BCUT2D eigenvalue weighted by atomic mass is 9.99. The van der Waals surface area contributed by atoms with Crippen LogP contribution in [0, 0.1) is 6.92 Å². The number of nitrogens with zero attached hydrogens (tertiary/aromatic N) is 1. The van der Waals surface area contributed by atoms with E-state index in [1.165, 1.54) is 33.3 Å². The highest BCUT2D eigenvalue weighted by Gasteiger charge is 2.12. The maximum Gasteiger partial charge on any atom is 0.0459 e. The van der Waals surface area contributed by atoms with E-state index in [-0.39, 0.29) is 0 Å². The molecule has 2 aromatic carbocycles. The zero-order valence-corrected chi connectivity index (χ0v) is 13.7. The van der Waals surface area contributed by atoms with E-state index in [9.17, 15) is 0 Å². The Morgan fingerprint density at radius 2 is 1.77 bits per heavy atom. The summed E-state index contributed by atoms with van der Waals surface area (Å²) in [6, 6.07) is 17.4. The molecule has 3 aromatic rings. The number of aromatic nitrogens is 1. The van der Waals surface area contributed by atoms with Crippen molar-refractivity contribution in [3.8, 4) is 0 Å². The molecule has 114 valence electrons. The smallest absolute Gasteiger partial charge is 0.0459 e. The predicted molar refractivity (Wildman–Crippen MR) is 94.5 cm³/mol. The van der Waals surface area contributed by atoms with E-state index in [0.29, 0.717) is 0 Å². The maximum absolute atomic E-state index is 3.64. The van der Waals surface area contributed by atoms with E-state index in [1.54, 1.807) is 0 Å². The van der Waals surface area contributed by atoms with Gasteiger partial charge in [0.1, 0.15) is 0 Å². The van der Waals surface area contributed by atoms with Gasteiger partial charge in [0.25, 0.3) is 0 Å². The first-order chi connectivity index (χ1) is 10.6. The summed E-state index contributed by atoms with van der Waals surface area (Å²) < 4.78 is 0. The second kappa shape index (κ2) is 6.37. The molecule has 22 heavy (non-hydrogen) atoms. The van der Waals surface area contributed by atoms with Crippen molar-refractivity contribution in [2.45, 2.75) is 19.8 Å². The normalized spacial score (nSPS) is 11.5. The molecule has 0 bridgehead atoms. The Kier molecular flexibility index (Phi) is 4.30. The van der Waals surface area contributed by atoms with E-state index >= 15 is 0 Å². The summed E-state index contributed by atoms with van der Waals surface area (Å²) in [7, 11) is 4.26. The summed E-state index contributed by atoms with van der Waals surface area (Å²) in [6.07, 6.45) is 2.05. The van der Waals surface area contributed by atoms with Gasteiger partial charge in [-0.3, -0.25) is 0 Å². The highest BCUT2D eigenvalue weighted by atomic mass is 15.0. The molecule has 2 heteroatoms. The largest absolute Gasteiger partial charge is 0.358 e. The molecule has 1 N–H and O–H groups in total. The van der Waals surface area contributed by atoms with Crippen LogP contribution in [-0.4, -0.2) is 30.5 Å². The summed E-state index contributed by atoms with van der Waals surface area (Å²) >= 11 is 0. The van der Waals surface area contributed by atoms with Gasteiger partial charge in [-0.2, -0.15) is 0 Å². The lowest BCUT2D eigenvalue weighted by molar-refractivity contribution is 0.412. The monoisotopic (exact) mass is 292 g/mol. The van der Waals surface area contributed by atoms with Crippen molar-refractivity contribution in [1.29, 1.82) is 0 Å². The van der Waals surface area contributed by atoms with Crippen LogP contribution < -0.4 is 0 Å². The van der Waals surface area contributed by atoms with E-state index in [2.05, 4.69) is 79.4 Å². The third kappa shape index (κ3) is 3.23. The molecule has 3 rings (SSSR count). The van der Waals surface area contributed by atoms with Crippen molar-refractivity contribution in [2.24, 2.45) is 0 Å². The minimum absolute atomic E-state index is 0.993. The molecule has 0 unspecified atom stereocenters. The Morgan fingerprint density at radius 3 is 2.50 bits per heavy atom. The van der Waals surface area contributed by atoms with Gasteiger partial charge >= 0.3 is 0 Å². The molecule has 0 amide bonds. The van der Waals surface area contributed by atoms with Gasteiger partial charge in [0.15, 0.2) is 0 Å². The summed E-state index contributed by atoms with van der Waals surface area (Å²) in [4.78, 5) is 5.88. The van der Waals surface area contributed by atoms with Crippen molar-refractivity contribution in [2.75, 3.05) is 20.6 Å². The van der Waals surface area contributed by atoms with Gasteiger partial charge < -0.3 is 9.88 Å². The fourth-order valence-electron chi connectivity index (χ4n) is 2.97. The molecule has 0 spiro atoms. The first-order valence-corrected chi connectivity index (χ1v) is 7.92. The zero-order valence-electron chi connectivity index (χ0n) is 13.7. The van der Waals surface area contributed by atoms with Crippen molar-refractivity contribution in [1.82, 2.24) is 9.88 Å². The fraction of sp³-hybridized carbons (Fsp3) is 0.300. The topological polar surface area (TPSA) is 19.0 Å². The molecule has 0 aliphatic carbocycles. The third-order valence-corrected chi connectivity index (χ3v) is 4.18. The number of benzene rings is 2. The number of nitrogens with one attached hydrogen (secondary N) is 1. The SMILES string of the molecule is Cc1ccc2[nH]c(CCN(C)C)c(Cc3ccccc3)c2c1. The van der Waals surface area contributed by atoms with Crippen LogP contribution in [0.4, 0.5) is 0 Å². The molecule has 0 saturated carbocycles. The lowest BCUT2D eigenvalue weighted by Gasteiger charge is -2.10. The quantitative estimate of drug-likeness (QED) is 0.747. The van der Waals surface area contributed by atoms with Crippen molar-refractivity contribution in [3.63, 3.8) is 0 Å². The Morgan fingerprint density at radius 1 is 1.00 bits per heavy atom. The average Bonchev–Trinajstić information content (AvgIpc) is 2.84. The molecule has 2 nitrogen and oxygen atoms in total. The molecule has 0 aliphatic heterocycles. The highest BCUT2D eigenvalue weighted by Crippen LogP contribution is 2.26. The molecule has 0 atom stereocenters. The first-order valence-electron chi connectivity index (χ1n) is 7.92. The van der Waals surface area contributed by atoms with Crippen molar-refractivity contribution >= 4 is 10.9 Å². The van der Waals surface area contributed by atoms with E-state index in [0.717, 1.165) is 19.4 Å². The Bertz CT molecular complexity index is 754. The number of H-pyrrole nitrogens is 1. The predicted octanol–water partition coefficient (Wildman–Crippen LogP) is 4.17. The van der Waals surface area contributed by atoms with Crippen LogP contribution in [-0.2, 0) is 12.8 Å². The minimum atomic E-state index is 0.993. The molecule has 1 aromatic heterocycles. The van der Waals surface area contributed by atoms with Gasteiger partial charge in [0.05, 0.1) is 0 Å². The van der Waals surface area contributed by atoms with Crippen LogP contribution in [0.25, 0.3) is 10.9 Å². The summed E-state index contributed by atoms with van der Waals surface area (Å²) in [5.41, 5.74) is 6.77. The van der Waals surface area contributed by atoms with E-state index in [1.807, 2.05) is 0 Å². The molecule has 1 heterocycles. The van der Waals surface area contributed by atoms with Crippen LogP contribution >= 0.6 is 0 Å². The lowest BCUT2D eigenvalue weighted by Crippen LogP contribution is -2.15. The van der Waals surface area contributed by atoms with Gasteiger partial charge in [-0.15, -0.1) is 0 Å². The first kappa shape index (κ1) is 14.9. The number of aryl methyl sites for hydroxylation is 1. The average molecular weight is 292 g/mol. The van der Waals surface area contributed by atoms with Crippen LogP contribution in [0.3, 0.4) is 0 Å². The molecule has 0 saturated heterocycles. The maximum atomic E-state index is 3.64. The Hall–Kier alpha value is -2.06. The highest BCUT2D eigenvalue weighted by molar-refractivity contribution is 5.85. The van der Waals surface area contributed by atoms with Gasteiger partial charge in [-0.25, -0.2) is 0 Å². The summed E-state index contributed by atoms with van der Waals surface area (Å²) in [6.45, 7) is 3.23. The van der Waals surface area contributed by atoms with Crippen LogP contribution in [0.1, 0.15) is 22.4 Å². The zero-order chi connectivity index (χ0) is 15.5. The number of aromatic amines is 1. The Labute approximate surface area is 132 Å².